The quantitative estimate of drug-likeness (QED) is 0.728. The van der Waals surface area contributed by atoms with Crippen LogP contribution in [0, 0.1) is 0 Å². The second kappa shape index (κ2) is 6.92. The summed E-state index contributed by atoms with van der Waals surface area (Å²) in [6, 6.07) is 8.11. The predicted octanol–water partition coefficient (Wildman–Crippen LogP) is 1.48. The SMILES string of the molecule is CCN1CCC[C@H]1CNC(=O)Cn1ncc2c([nH]c3ccccc32)c1=O. The van der Waals surface area contributed by atoms with Crippen LogP contribution >= 0.6 is 0 Å². The third-order valence-electron chi connectivity index (χ3n) is 5.25. The summed E-state index contributed by atoms with van der Waals surface area (Å²) in [5.74, 6) is -0.182. The number of likely N-dealkylation sites (N-methyl/N-ethyl adjacent to an activating group) is 1. The Balaban J connectivity index is 1.50. The summed E-state index contributed by atoms with van der Waals surface area (Å²) in [7, 11) is 0. The van der Waals surface area contributed by atoms with Gasteiger partial charge in [-0.05, 0) is 32.0 Å². The molecule has 0 aliphatic carbocycles. The maximum atomic E-state index is 12.7. The number of rotatable bonds is 5. The highest BCUT2D eigenvalue weighted by Crippen LogP contribution is 2.21. The highest BCUT2D eigenvalue weighted by Gasteiger charge is 2.23. The Morgan fingerprint density at radius 2 is 2.19 bits per heavy atom. The van der Waals surface area contributed by atoms with Crippen molar-refractivity contribution in [3.63, 3.8) is 0 Å². The molecule has 1 amide bonds. The van der Waals surface area contributed by atoms with Crippen molar-refractivity contribution in [2.75, 3.05) is 19.6 Å². The maximum absolute atomic E-state index is 12.7. The van der Waals surface area contributed by atoms with E-state index in [0.29, 0.717) is 18.1 Å². The van der Waals surface area contributed by atoms with Crippen LogP contribution in [0.15, 0.2) is 35.3 Å². The van der Waals surface area contributed by atoms with Crippen molar-refractivity contribution < 1.29 is 4.79 Å². The number of fused-ring (bicyclic) bond motifs is 3. The molecule has 3 aromatic rings. The smallest absolute Gasteiger partial charge is 0.291 e. The number of hydrogen-bond donors (Lipinski definition) is 2. The van der Waals surface area contributed by atoms with E-state index < -0.39 is 0 Å². The first-order valence-electron chi connectivity index (χ1n) is 9.14. The fraction of sp³-hybridized carbons (Fsp3) is 0.421. The third-order valence-corrected chi connectivity index (χ3v) is 5.25. The van der Waals surface area contributed by atoms with E-state index in [4.69, 9.17) is 0 Å². The van der Waals surface area contributed by atoms with E-state index in [-0.39, 0.29) is 18.0 Å². The zero-order valence-electron chi connectivity index (χ0n) is 14.9. The van der Waals surface area contributed by atoms with Crippen molar-refractivity contribution in [2.45, 2.75) is 32.4 Å². The van der Waals surface area contributed by atoms with Crippen LogP contribution in [-0.4, -0.2) is 51.2 Å². The molecular weight excluding hydrogens is 330 g/mol. The number of nitrogens with zero attached hydrogens (tertiary/aromatic N) is 3. The van der Waals surface area contributed by atoms with Crippen molar-refractivity contribution >= 4 is 27.7 Å². The molecule has 0 spiro atoms. The summed E-state index contributed by atoms with van der Waals surface area (Å²) in [5, 5.41) is 8.89. The number of H-pyrrole nitrogens is 1. The lowest BCUT2D eigenvalue weighted by atomic mass is 10.2. The Labute approximate surface area is 151 Å². The van der Waals surface area contributed by atoms with Crippen LogP contribution in [-0.2, 0) is 11.3 Å². The average Bonchev–Trinajstić information content (AvgIpc) is 3.26. The topological polar surface area (TPSA) is 83.0 Å². The standard InChI is InChI=1S/C19H23N5O2/c1-2-23-9-5-6-13(23)10-20-17(25)12-24-19(26)18-15(11-21-24)14-7-3-4-8-16(14)22-18/h3-4,7-8,11,13,22H,2,5-6,9-10,12H2,1H3,(H,20,25)/t13-/m0/s1. The average molecular weight is 353 g/mol. The minimum absolute atomic E-state index is 0.0665. The summed E-state index contributed by atoms with van der Waals surface area (Å²) in [5.41, 5.74) is 1.11. The minimum Gasteiger partial charge on any atom is -0.353 e. The van der Waals surface area contributed by atoms with Gasteiger partial charge in [-0.2, -0.15) is 5.10 Å². The number of amides is 1. The Morgan fingerprint density at radius 1 is 1.35 bits per heavy atom. The van der Waals surface area contributed by atoms with Crippen molar-refractivity contribution in [2.24, 2.45) is 0 Å². The van der Waals surface area contributed by atoms with Gasteiger partial charge in [-0.15, -0.1) is 0 Å². The number of para-hydroxylation sites is 1. The molecule has 26 heavy (non-hydrogen) atoms. The molecule has 2 N–H and O–H groups in total. The first-order chi connectivity index (χ1) is 12.7. The zero-order chi connectivity index (χ0) is 18.1. The predicted molar refractivity (Wildman–Crippen MR) is 101 cm³/mol. The van der Waals surface area contributed by atoms with Crippen LogP contribution in [0.4, 0.5) is 0 Å². The van der Waals surface area contributed by atoms with Gasteiger partial charge < -0.3 is 10.3 Å². The molecule has 1 fully saturated rings. The van der Waals surface area contributed by atoms with Gasteiger partial charge in [0.1, 0.15) is 12.1 Å². The number of aromatic amines is 1. The summed E-state index contributed by atoms with van der Waals surface area (Å²) >= 11 is 0. The van der Waals surface area contributed by atoms with Gasteiger partial charge in [0.15, 0.2) is 0 Å². The van der Waals surface area contributed by atoms with E-state index in [9.17, 15) is 9.59 Å². The van der Waals surface area contributed by atoms with Crippen LogP contribution in [0.3, 0.4) is 0 Å². The number of likely N-dealkylation sites (tertiary alicyclic amines) is 1. The van der Waals surface area contributed by atoms with E-state index in [2.05, 4.69) is 27.2 Å². The Bertz CT molecular complexity index is 1010. The van der Waals surface area contributed by atoms with Crippen LogP contribution < -0.4 is 10.9 Å². The number of benzene rings is 1. The largest absolute Gasteiger partial charge is 0.353 e. The Morgan fingerprint density at radius 3 is 3.04 bits per heavy atom. The molecule has 7 heteroatoms. The van der Waals surface area contributed by atoms with Gasteiger partial charge in [-0.25, -0.2) is 4.68 Å². The van der Waals surface area contributed by atoms with Crippen LogP contribution in [0.1, 0.15) is 19.8 Å². The second-order valence-electron chi connectivity index (χ2n) is 6.80. The monoisotopic (exact) mass is 353 g/mol. The van der Waals surface area contributed by atoms with Crippen LogP contribution in [0.2, 0.25) is 0 Å². The molecule has 7 nitrogen and oxygen atoms in total. The van der Waals surface area contributed by atoms with Crippen molar-refractivity contribution in [3.05, 3.63) is 40.8 Å². The lowest BCUT2D eigenvalue weighted by Gasteiger charge is -2.22. The third kappa shape index (κ3) is 2.99. The molecular formula is C19H23N5O2. The maximum Gasteiger partial charge on any atom is 0.291 e. The molecule has 1 atom stereocenters. The molecule has 0 radical (unpaired) electrons. The normalized spacial score (nSPS) is 18.0. The Kier molecular flexibility index (Phi) is 4.46. The van der Waals surface area contributed by atoms with Crippen molar-refractivity contribution in [3.8, 4) is 0 Å². The molecule has 1 aliphatic heterocycles. The molecule has 0 unspecified atom stereocenters. The van der Waals surface area contributed by atoms with Gasteiger partial charge in [0.05, 0.1) is 6.20 Å². The number of nitrogens with one attached hydrogen (secondary N) is 2. The highest BCUT2D eigenvalue weighted by atomic mass is 16.2. The molecule has 0 bridgehead atoms. The molecule has 2 aromatic heterocycles. The van der Waals surface area contributed by atoms with E-state index in [0.717, 1.165) is 35.8 Å². The van der Waals surface area contributed by atoms with Crippen molar-refractivity contribution in [1.82, 2.24) is 25.0 Å². The molecule has 1 aliphatic rings. The number of hydrogen-bond acceptors (Lipinski definition) is 4. The van der Waals surface area contributed by atoms with Gasteiger partial charge in [-0.3, -0.25) is 14.5 Å². The first-order valence-corrected chi connectivity index (χ1v) is 9.14. The van der Waals surface area contributed by atoms with E-state index in [1.54, 1.807) is 6.20 Å². The molecule has 1 aromatic carbocycles. The fourth-order valence-electron chi connectivity index (χ4n) is 3.85. The lowest BCUT2D eigenvalue weighted by molar-refractivity contribution is -0.122. The number of carbonyl (C=O) groups excluding carboxylic acids is 1. The van der Waals surface area contributed by atoms with E-state index in [1.165, 1.54) is 11.1 Å². The van der Waals surface area contributed by atoms with Gasteiger partial charge in [0.25, 0.3) is 5.56 Å². The van der Waals surface area contributed by atoms with E-state index in [1.807, 2.05) is 24.3 Å². The van der Waals surface area contributed by atoms with Gasteiger partial charge in [0, 0.05) is 28.9 Å². The fourth-order valence-corrected chi connectivity index (χ4v) is 3.85. The molecule has 4 rings (SSSR count). The zero-order valence-corrected chi connectivity index (χ0v) is 14.9. The molecule has 136 valence electrons. The summed E-state index contributed by atoms with van der Waals surface area (Å²) < 4.78 is 1.22. The van der Waals surface area contributed by atoms with Gasteiger partial charge >= 0.3 is 0 Å². The Hall–Kier alpha value is -2.67. The highest BCUT2D eigenvalue weighted by molar-refractivity contribution is 6.06. The molecule has 0 saturated carbocycles. The number of carbonyl (C=O) groups is 1. The van der Waals surface area contributed by atoms with Crippen LogP contribution in [0.25, 0.3) is 21.8 Å². The summed E-state index contributed by atoms with van der Waals surface area (Å²) in [6.07, 6.45) is 3.93. The lowest BCUT2D eigenvalue weighted by Crippen LogP contribution is -2.42. The second-order valence-corrected chi connectivity index (χ2v) is 6.80. The van der Waals surface area contributed by atoms with Gasteiger partial charge in [-0.1, -0.05) is 25.1 Å². The molecule has 1 saturated heterocycles. The van der Waals surface area contributed by atoms with E-state index >= 15 is 0 Å². The van der Waals surface area contributed by atoms with Gasteiger partial charge in [0.2, 0.25) is 5.91 Å². The number of aromatic nitrogens is 3. The minimum atomic E-state index is -0.273. The summed E-state index contributed by atoms with van der Waals surface area (Å²) in [6.45, 7) is 4.78. The first kappa shape index (κ1) is 16.8. The molecule has 3 heterocycles. The van der Waals surface area contributed by atoms with Crippen molar-refractivity contribution in [1.29, 1.82) is 0 Å². The summed E-state index contributed by atoms with van der Waals surface area (Å²) in [4.78, 5) is 30.5. The van der Waals surface area contributed by atoms with Crippen LogP contribution in [0.5, 0.6) is 0 Å².